The first-order valence-corrected chi connectivity index (χ1v) is 5.78. The molecule has 0 saturated heterocycles. The molecule has 0 bridgehead atoms. The van der Waals surface area contributed by atoms with Crippen LogP contribution in [0.25, 0.3) is 0 Å². The smallest absolute Gasteiger partial charge is 0.404 e. The van der Waals surface area contributed by atoms with Crippen molar-refractivity contribution in [2.45, 2.75) is 13.2 Å². The summed E-state index contributed by atoms with van der Waals surface area (Å²) in [4.78, 5) is 10.3. The van der Waals surface area contributed by atoms with Crippen LogP contribution in [0.1, 0.15) is 5.56 Å². The highest BCUT2D eigenvalue weighted by atomic mass is 19.3. The van der Waals surface area contributed by atoms with Gasteiger partial charge in [-0.15, -0.1) is 0 Å². The van der Waals surface area contributed by atoms with E-state index < -0.39 is 12.7 Å². The third-order valence-electron chi connectivity index (χ3n) is 2.33. The number of nitrogens with two attached hydrogens (primary N) is 1. The molecule has 0 aromatic heterocycles. The standard InChI is InChI=1S/C12H16F2N2O4/c1-18-9-4-2-3-8(10(9)20-11(13)14)7-16-5-6-19-12(15)17/h2-4,11,16H,5-7H2,1H3,(H2,15,17). The molecule has 112 valence electrons. The molecule has 8 heteroatoms. The number of ether oxygens (including phenoxy) is 3. The molecule has 0 fully saturated rings. The number of carbonyl (C=O) groups excluding carboxylic acids is 1. The van der Waals surface area contributed by atoms with Crippen LogP contribution in [0.5, 0.6) is 11.5 Å². The monoisotopic (exact) mass is 290 g/mol. The maximum absolute atomic E-state index is 12.4. The number of carbonyl (C=O) groups is 1. The van der Waals surface area contributed by atoms with Crippen LogP contribution in [0.15, 0.2) is 18.2 Å². The van der Waals surface area contributed by atoms with E-state index in [1.54, 1.807) is 12.1 Å². The summed E-state index contributed by atoms with van der Waals surface area (Å²) in [5, 5.41) is 2.91. The van der Waals surface area contributed by atoms with Gasteiger partial charge in [0.1, 0.15) is 6.61 Å². The van der Waals surface area contributed by atoms with E-state index in [1.165, 1.54) is 13.2 Å². The number of primary amides is 1. The molecule has 1 aromatic rings. The molecule has 20 heavy (non-hydrogen) atoms. The molecule has 0 saturated carbocycles. The second-order valence-corrected chi connectivity index (χ2v) is 3.67. The molecule has 0 aliphatic rings. The fraction of sp³-hybridized carbons (Fsp3) is 0.417. The Kier molecular flexibility index (Phi) is 6.51. The SMILES string of the molecule is COc1cccc(CNCCOC(N)=O)c1OC(F)F. The van der Waals surface area contributed by atoms with E-state index in [9.17, 15) is 13.6 Å². The predicted molar refractivity (Wildman–Crippen MR) is 66.9 cm³/mol. The maximum atomic E-state index is 12.4. The van der Waals surface area contributed by atoms with E-state index in [-0.39, 0.29) is 24.7 Å². The van der Waals surface area contributed by atoms with Gasteiger partial charge in [-0.2, -0.15) is 8.78 Å². The van der Waals surface area contributed by atoms with Gasteiger partial charge in [0.25, 0.3) is 0 Å². The zero-order chi connectivity index (χ0) is 15.0. The molecule has 0 aliphatic carbocycles. The molecule has 1 aromatic carbocycles. The molecule has 0 atom stereocenters. The van der Waals surface area contributed by atoms with Crippen molar-refractivity contribution >= 4 is 6.09 Å². The van der Waals surface area contributed by atoms with Crippen LogP contribution < -0.4 is 20.5 Å². The average molecular weight is 290 g/mol. The molecule has 3 N–H and O–H groups in total. The van der Waals surface area contributed by atoms with Gasteiger partial charge in [0.15, 0.2) is 11.5 Å². The molecule has 0 heterocycles. The zero-order valence-electron chi connectivity index (χ0n) is 10.9. The van der Waals surface area contributed by atoms with Gasteiger partial charge in [-0.25, -0.2) is 4.79 Å². The van der Waals surface area contributed by atoms with Crippen LogP contribution in [-0.2, 0) is 11.3 Å². The fourth-order valence-corrected chi connectivity index (χ4v) is 1.53. The van der Waals surface area contributed by atoms with Crippen LogP contribution >= 0.6 is 0 Å². The van der Waals surface area contributed by atoms with Gasteiger partial charge in [-0.3, -0.25) is 0 Å². The molecule has 0 radical (unpaired) electrons. The summed E-state index contributed by atoms with van der Waals surface area (Å²) in [5.41, 5.74) is 5.30. The number of hydrogen-bond acceptors (Lipinski definition) is 5. The summed E-state index contributed by atoms with van der Waals surface area (Å²) >= 11 is 0. The topological polar surface area (TPSA) is 82.8 Å². The molecular formula is C12H16F2N2O4. The Labute approximate surface area is 114 Å². The minimum Gasteiger partial charge on any atom is -0.493 e. The van der Waals surface area contributed by atoms with E-state index in [0.29, 0.717) is 12.1 Å². The maximum Gasteiger partial charge on any atom is 0.404 e. The highest BCUT2D eigenvalue weighted by Gasteiger charge is 2.14. The number of hydrogen-bond donors (Lipinski definition) is 2. The molecule has 0 spiro atoms. The lowest BCUT2D eigenvalue weighted by Crippen LogP contribution is -2.23. The summed E-state index contributed by atoms with van der Waals surface area (Å²) in [6.45, 7) is -2.27. The van der Waals surface area contributed by atoms with E-state index in [4.69, 9.17) is 10.5 Å². The van der Waals surface area contributed by atoms with Gasteiger partial charge in [-0.1, -0.05) is 12.1 Å². The molecular weight excluding hydrogens is 274 g/mol. The Morgan fingerprint density at radius 3 is 2.80 bits per heavy atom. The first-order chi connectivity index (χ1) is 9.54. The normalized spacial score (nSPS) is 10.4. The van der Waals surface area contributed by atoms with Gasteiger partial charge in [-0.05, 0) is 6.07 Å². The molecule has 6 nitrogen and oxygen atoms in total. The Morgan fingerprint density at radius 1 is 1.45 bits per heavy atom. The van der Waals surface area contributed by atoms with Gasteiger partial charge in [0.05, 0.1) is 7.11 Å². The summed E-state index contributed by atoms with van der Waals surface area (Å²) in [6, 6.07) is 4.81. The highest BCUT2D eigenvalue weighted by Crippen LogP contribution is 2.32. The minimum atomic E-state index is -2.94. The lowest BCUT2D eigenvalue weighted by molar-refractivity contribution is -0.0518. The Balaban J connectivity index is 2.61. The number of halogens is 2. The lowest BCUT2D eigenvalue weighted by Gasteiger charge is -2.14. The van der Waals surface area contributed by atoms with Gasteiger partial charge in [0.2, 0.25) is 0 Å². The number of alkyl halides is 2. The van der Waals surface area contributed by atoms with Crippen molar-refractivity contribution in [3.8, 4) is 11.5 Å². The van der Waals surface area contributed by atoms with E-state index in [2.05, 4.69) is 14.8 Å². The van der Waals surface area contributed by atoms with Crippen molar-refractivity contribution in [1.82, 2.24) is 5.32 Å². The summed E-state index contributed by atoms with van der Waals surface area (Å²) < 4.78 is 38.7. The predicted octanol–water partition coefficient (Wildman–Crippen LogP) is 1.48. The summed E-state index contributed by atoms with van der Waals surface area (Å²) in [5.74, 6) is 0.200. The van der Waals surface area contributed by atoms with Crippen molar-refractivity contribution < 1.29 is 27.8 Å². The van der Waals surface area contributed by atoms with Crippen LogP contribution in [0.3, 0.4) is 0 Å². The fourth-order valence-electron chi connectivity index (χ4n) is 1.53. The van der Waals surface area contributed by atoms with Crippen LogP contribution in [-0.4, -0.2) is 33.0 Å². The van der Waals surface area contributed by atoms with Crippen molar-refractivity contribution in [2.24, 2.45) is 5.73 Å². The molecule has 1 rings (SSSR count). The Morgan fingerprint density at radius 2 is 2.20 bits per heavy atom. The van der Waals surface area contributed by atoms with Crippen LogP contribution in [0.2, 0.25) is 0 Å². The van der Waals surface area contributed by atoms with Gasteiger partial charge < -0.3 is 25.3 Å². The number of amides is 1. The van der Waals surface area contributed by atoms with Crippen LogP contribution in [0.4, 0.5) is 13.6 Å². The number of nitrogens with one attached hydrogen (secondary N) is 1. The number of para-hydroxylation sites is 1. The van der Waals surface area contributed by atoms with Crippen LogP contribution in [0, 0.1) is 0 Å². The number of methoxy groups -OCH3 is 1. The first-order valence-electron chi connectivity index (χ1n) is 5.78. The van der Waals surface area contributed by atoms with E-state index >= 15 is 0 Å². The third kappa shape index (κ3) is 5.27. The van der Waals surface area contributed by atoms with Gasteiger partial charge in [0, 0.05) is 18.7 Å². The lowest BCUT2D eigenvalue weighted by atomic mass is 10.2. The minimum absolute atomic E-state index is 0.0201. The number of rotatable bonds is 8. The quantitative estimate of drug-likeness (QED) is 0.709. The second-order valence-electron chi connectivity index (χ2n) is 3.67. The average Bonchev–Trinajstić information content (AvgIpc) is 2.39. The largest absolute Gasteiger partial charge is 0.493 e. The van der Waals surface area contributed by atoms with E-state index in [1.807, 2.05) is 0 Å². The van der Waals surface area contributed by atoms with Crippen molar-refractivity contribution in [3.05, 3.63) is 23.8 Å². The van der Waals surface area contributed by atoms with Gasteiger partial charge >= 0.3 is 12.7 Å². The number of benzene rings is 1. The van der Waals surface area contributed by atoms with Crippen molar-refractivity contribution in [1.29, 1.82) is 0 Å². The zero-order valence-corrected chi connectivity index (χ0v) is 10.9. The van der Waals surface area contributed by atoms with Crippen molar-refractivity contribution in [2.75, 3.05) is 20.3 Å². The summed E-state index contributed by atoms with van der Waals surface area (Å²) in [7, 11) is 1.37. The molecule has 0 unspecified atom stereocenters. The van der Waals surface area contributed by atoms with Crippen molar-refractivity contribution in [3.63, 3.8) is 0 Å². The Hall–Kier alpha value is -2.09. The third-order valence-corrected chi connectivity index (χ3v) is 2.33. The summed E-state index contributed by atoms with van der Waals surface area (Å²) in [6.07, 6.45) is -0.866. The first kappa shape index (κ1) is 16.0. The second kappa shape index (κ2) is 8.16. The van der Waals surface area contributed by atoms with E-state index in [0.717, 1.165) is 0 Å². The Bertz CT molecular complexity index is 443. The highest BCUT2D eigenvalue weighted by molar-refractivity contribution is 5.64. The molecule has 1 amide bonds. The molecule has 0 aliphatic heterocycles.